The zero-order valence-electron chi connectivity index (χ0n) is 14.4. The minimum absolute atomic E-state index is 0.112. The Kier molecular flexibility index (Phi) is 6.07. The fraction of sp³-hybridized carbons (Fsp3) is 0.600. The van der Waals surface area contributed by atoms with Gasteiger partial charge < -0.3 is 9.47 Å². The molecule has 0 aromatic heterocycles. The van der Waals surface area contributed by atoms with E-state index in [-0.39, 0.29) is 11.5 Å². The molecule has 1 unspecified atom stereocenters. The first-order valence-corrected chi connectivity index (χ1v) is 8.61. The van der Waals surface area contributed by atoms with Crippen LogP contribution in [0.1, 0.15) is 64.0 Å². The van der Waals surface area contributed by atoms with E-state index in [1.54, 1.807) is 7.11 Å². The van der Waals surface area contributed by atoms with Gasteiger partial charge >= 0.3 is 0 Å². The highest BCUT2D eigenvalue weighted by molar-refractivity contribution is 5.33. The van der Waals surface area contributed by atoms with Crippen molar-refractivity contribution < 1.29 is 9.47 Å². The van der Waals surface area contributed by atoms with Gasteiger partial charge in [-0.05, 0) is 36.1 Å². The fourth-order valence-electron chi connectivity index (χ4n) is 3.59. The van der Waals surface area contributed by atoms with E-state index in [0.29, 0.717) is 6.61 Å². The Morgan fingerprint density at radius 2 is 1.73 bits per heavy atom. The van der Waals surface area contributed by atoms with Gasteiger partial charge in [0.15, 0.2) is 0 Å². The van der Waals surface area contributed by atoms with Crippen LogP contribution in [0.25, 0.3) is 0 Å². The molecule has 0 aliphatic carbocycles. The van der Waals surface area contributed by atoms with E-state index in [9.17, 15) is 0 Å². The van der Waals surface area contributed by atoms with Crippen LogP contribution in [-0.2, 0) is 4.74 Å². The van der Waals surface area contributed by atoms with Crippen LogP contribution in [0.3, 0.4) is 0 Å². The Hall–Kier alpha value is -1.28. The van der Waals surface area contributed by atoms with Gasteiger partial charge in [-0.15, -0.1) is 0 Å². The summed E-state index contributed by atoms with van der Waals surface area (Å²) in [7, 11) is 1.70. The summed E-state index contributed by atoms with van der Waals surface area (Å²) < 4.78 is 11.5. The molecule has 1 aromatic carbocycles. The van der Waals surface area contributed by atoms with E-state index in [1.165, 1.54) is 49.7 Å². The maximum absolute atomic E-state index is 6.19. The van der Waals surface area contributed by atoms with Crippen molar-refractivity contribution in [3.63, 3.8) is 0 Å². The highest BCUT2D eigenvalue weighted by Gasteiger charge is 2.46. The first kappa shape index (κ1) is 17.1. The second-order valence-corrected chi connectivity index (χ2v) is 6.43. The predicted octanol–water partition coefficient (Wildman–Crippen LogP) is 5.69. The molecule has 1 aromatic rings. The van der Waals surface area contributed by atoms with Crippen LogP contribution in [0, 0.1) is 5.41 Å². The topological polar surface area (TPSA) is 18.5 Å². The largest absolute Gasteiger partial charge is 0.497 e. The summed E-state index contributed by atoms with van der Waals surface area (Å²) in [5.41, 5.74) is 2.66. The smallest absolute Gasteiger partial charge is 0.118 e. The average Bonchev–Trinajstić information content (AvgIpc) is 2.88. The molecule has 0 saturated carbocycles. The molecule has 22 heavy (non-hydrogen) atoms. The lowest BCUT2D eigenvalue weighted by Gasteiger charge is -2.35. The van der Waals surface area contributed by atoms with Crippen LogP contribution in [0.2, 0.25) is 0 Å². The molecule has 1 fully saturated rings. The van der Waals surface area contributed by atoms with Crippen LogP contribution in [0.5, 0.6) is 5.75 Å². The van der Waals surface area contributed by atoms with Crippen molar-refractivity contribution in [2.24, 2.45) is 5.41 Å². The summed E-state index contributed by atoms with van der Waals surface area (Å²) in [6.45, 7) is 9.59. The number of rotatable bonds is 8. The van der Waals surface area contributed by atoms with Crippen LogP contribution in [0.15, 0.2) is 36.4 Å². The lowest BCUT2D eigenvalue weighted by atomic mass is 9.69. The molecule has 1 aliphatic rings. The third-order valence-electron chi connectivity index (χ3n) is 5.00. The summed E-state index contributed by atoms with van der Waals surface area (Å²) in [6.07, 6.45) is 7.41. The van der Waals surface area contributed by atoms with Gasteiger partial charge in [0, 0.05) is 5.41 Å². The van der Waals surface area contributed by atoms with Crippen molar-refractivity contribution in [1.82, 2.24) is 0 Å². The molecule has 122 valence electrons. The minimum atomic E-state index is 0.112. The molecule has 0 amide bonds. The van der Waals surface area contributed by atoms with Gasteiger partial charge in [-0.25, -0.2) is 0 Å². The second-order valence-electron chi connectivity index (χ2n) is 6.43. The molecule has 1 atom stereocenters. The molecule has 0 bridgehead atoms. The van der Waals surface area contributed by atoms with E-state index in [1.807, 2.05) is 12.1 Å². The minimum Gasteiger partial charge on any atom is -0.497 e. The SMILES string of the molecule is C=C1COC(c2ccc(OC)cc2)C1(CCCC)CCCC. The fourth-order valence-corrected chi connectivity index (χ4v) is 3.59. The lowest BCUT2D eigenvalue weighted by Crippen LogP contribution is -2.26. The molecular formula is C20H30O2. The molecule has 0 N–H and O–H groups in total. The number of hydrogen-bond acceptors (Lipinski definition) is 2. The number of unbranched alkanes of at least 4 members (excludes halogenated alkanes) is 2. The Morgan fingerprint density at radius 3 is 2.23 bits per heavy atom. The predicted molar refractivity (Wildman–Crippen MR) is 92.3 cm³/mol. The van der Waals surface area contributed by atoms with Crippen molar-refractivity contribution in [3.05, 3.63) is 42.0 Å². The van der Waals surface area contributed by atoms with E-state index in [2.05, 4.69) is 32.6 Å². The van der Waals surface area contributed by atoms with Gasteiger partial charge in [0.25, 0.3) is 0 Å². The number of hydrogen-bond donors (Lipinski definition) is 0. The Balaban J connectivity index is 2.30. The van der Waals surface area contributed by atoms with Crippen molar-refractivity contribution in [2.45, 2.75) is 58.5 Å². The highest BCUT2D eigenvalue weighted by Crippen LogP contribution is 2.54. The van der Waals surface area contributed by atoms with Gasteiger partial charge in [0.05, 0.1) is 19.8 Å². The Labute approximate surface area is 135 Å². The molecule has 2 nitrogen and oxygen atoms in total. The first-order chi connectivity index (χ1) is 10.7. The number of methoxy groups -OCH3 is 1. The van der Waals surface area contributed by atoms with Crippen LogP contribution < -0.4 is 4.74 Å². The quantitative estimate of drug-likeness (QED) is 0.574. The van der Waals surface area contributed by atoms with E-state index < -0.39 is 0 Å². The van der Waals surface area contributed by atoms with Gasteiger partial charge in [0.2, 0.25) is 0 Å². The lowest BCUT2D eigenvalue weighted by molar-refractivity contribution is 0.0382. The van der Waals surface area contributed by atoms with Crippen LogP contribution >= 0.6 is 0 Å². The molecule has 2 rings (SSSR count). The molecule has 1 saturated heterocycles. The van der Waals surface area contributed by atoms with Gasteiger partial charge in [-0.1, -0.05) is 58.2 Å². The summed E-state index contributed by atoms with van der Waals surface area (Å²) in [5, 5.41) is 0. The first-order valence-electron chi connectivity index (χ1n) is 8.61. The van der Waals surface area contributed by atoms with E-state index in [0.717, 1.165) is 5.75 Å². The van der Waals surface area contributed by atoms with Crippen molar-refractivity contribution >= 4 is 0 Å². The Morgan fingerprint density at radius 1 is 1.14 bits per heavy atom. The molecule has 2 heteroatoms. The third kappa shape index (κ3) is 3.38. The zero-order chi connectivity index (χ0) is 16.0. The zero-order valence-corrected chi connectivity index (χ0v) is 14.4. The van der Waals surface area contributed by atoms with Gasteiger partial charge in [-0.2, -0.15) is 0 Å². The van der Waals surface area contributed by atoms with Crippen molar-refractivity contribution in [3.8, 4) is 5.75 Å². The van der Waals surface area contributed by atoms with Crippen molar-refractivity contribution in [1.29, 1.82) is 0 Å². The third-order valence-corrected chi connectivity index (χ3v) is 5.00. The second kappa shape index (κ2) is 7.82. The number of ether oxygens (including phenoxy) is 2. The average molecular weight is 302 g/mol. The number of benzene rings is 1. The van der Waals surface area contributed by atoms with Crippen LogP contribution in [-0.4, -0.2) is 13.7 Å². The maximum Gasteiger partial charge on any atom is 0.118 e. The summed E-state index contributed by atoms with van der Waals surface area (Å²) in [5.74, 6) is 0.897. The monoisotopic (exact) mass is 302 g/mol. The highest BCUT2D eigenvalue weighted by atomic mass is 16.5. The summed E-state index contributed by atoms with van der Waals surface area (Å²) in [4.78, 5) is 0. The molecule has 1 aliphatic heterocycles. The normalized spacial score (nSPS) is 20.3. The van der Waals surface area contributed by atoms with E-state index >= 15 is 0 Å². The molecule has 0 spiro atoms. The van der Waals surface area contributed by atoms with Crippen LogP contribution in [0.4, 0.5) is 0 Å². The standard InChI is InChI=1S/C20H30O2/c1-5-7-13-20(14-8-6-2)16(3)15-22-19(20)17-9-11-18(21-4)12-10-17/h9-12,19H,3,5-8,13-15H2,1-2,4H3. The molecule has 1 heterocycles. The van der Waals surface area contributed by atoms with E-state index in [4.69, 9.17) is 9.47 Å². The van der Waals surface area contributed by atoms with Gasteiger partial charge in [0.1, 0.15) is 5.75 Å². The molecular weight excluding hydrogens is 272 g/mol. The maximum atomic E-state index is 6.19. The van der Waals surface area contributed by atoms with Crippen molar-refractivity contribution in [2.75, 3.05) is 13.7 Å². The summed E-state index contributed by atoms with van der Waals surface area (Å²) in [6, 6.07) is 8.36. The van der Waals surface area contributed by atoms with Gasteiger partial charge in [-0.3, -0.25) is 0 Å². The Bertz CT molecular complexity index is 467. The molecule has 0 radical (unpaired) electrons. The summed E-state index contributed by atoms with van der Waals surface area (Å²) >= 11 is 0.